The van der Waals surface area contributed by atoms with E-state index in [1.165, 1.54) is 24.3 Å². The van der Waals surface area contributed by atoms with Gasteiger partial charge in [0.05, 0.1) is 23.2 Å². The molecule has 4 rings (SSSR count). The van der Waals surface area contributed by atoms with Gasteiger partial charge in [0, 0.05) is 27.2 Å². The van der Waals surface area contributed by atoms with Crippen LogP contribution in [0.3, 0.4) is 0 Å². The molecule has 0 amide bonds. The van der Waals surface area contributed by atoms with E-state index in [4.69, 9.17) is 0 Å². The van der Waals surface area contributed by atoms with Gasteiger partial charge in [-0.3, -0.25) is 0 Å². The Kier molecular flexibility index (Phi) is 6.76. The first kappa shape index (κ1) is 25.4. The van der Waals surface area contributed by atoms with Crippen LogP contribution in [0, 0.1) is 0 Å². The third-order valence-corrected chi connectivity index (χ3v) is 10.1. The monoisotopic (exact) mass is 505 g/mol. The van der Waals surface area contributed by atoms with E-state index < -0.39 is 43.5 Å². The highest BCUT2D eigenvalue weighted by molar-refractivity contribution is 7.62. The Labute approximate surface area is 195 Å². The van der Waals surface area contributed by atoms with Gasteiger partial charge >= 0.3 is 12.4 Å². The lowest BCUT2D eigenvalue weighted by atomic mass is 9.92. The molecule has 2 heterocycles. The van der Waals surface area contributed by atoms with Crippen LogP contribution in [-0.4, -0.2) is 41.2 Å². The summed E-state index contributed by atoms with van der Waals surface area (Å²) in [5.74, 6) is 0. The summed E-state index contributed by atoms with van der Waals surface area (Å²) in [5.41, 5.74) is -0.560. The lowest BCUT2D eigenvalue weighted by molar-refractivity contribution is -0.204. The molecule has 0 spiro atoms. The van der Waals surface area contributed by atoms with Crippen molar-refractivity contribution in [3.8, 4) is 0 Å². The third kappa shape index (κ3) is 4.46. The van der Waals surface area contributed by atoms with Gasteiger partial charge in [-0.05, 0) is 48.2 Å². The first-order valence-electron chi connectivity index (χ1n) is 11.0. The van der Waals surface area contributed by atoms with Crippen molar-refractivity contribution in [3.63, 3.8) is 0 Å². The topological polar surface area (TPSA) is 32.8 Å². The average Bonchev–Trinajstić information content (AvgIpc) is 3.00. The van der Waals surface area contributed by atoms with Crippen molar-refractivity contribution >= 4 is 7.94 Å². The van der Waals surface area contributed by atoms with Crippen LogP contribution in [0.1, 0.15) is 53.6 Å². The fraction of sp³-hybridized carbons (Fsp3) is 0.478. The minimum absolute atomic E-state index is 0.516. The molecule has 11 heteroatoms. The van der Waals surface area contributed by atoms with E-state index >= 15 is 0 Å². The summed E-state index contributed by atoms with van der Waals surface area (Å²) in [6, 6.07) is 8.15. The quantitative estimate of drug-likeness (QED) is 0.384. The summed E-state index contributed by atoms with van der Waals surface area (Å²) in [5, 5.41) is 0. The Morgan fingerprint density at radius 3 is 1.35 bits per heavy atom. The number of alkyl halides is 6. The van der Waals surface area contributed by atoms with Gasteiger partial charge in [-0.2, -0.15) is 31.0 Å². The van der Waals surface area contributed by atoms with Gasteiger partial charge in [-0.1, -0.05) is 30.7 Å². The number of benzene rings is 2. The molecule has 0 unspecified atom stereocenters. The second kappa shape index (κ2) is 9.06. The SMILES string of the molecule is CN1[C@@H](c2ccc(C(F)(F)F)cc2)[C@H](c2ccc(C(F)(F)F)cc2)N(C)[P+]1([O-])N1CCCCC1. The van der Waals surface area contributed by atoms with Crippen LogP contribution in [0.2, 0.25) is 0 Å². The van der Waals surface area contributed by atoms with Crippen LogP contribution in [0.4, 0.5) is 26.3 Å². The van der Waals surface area contributed by atoms with E-state index in [0.717, 1.165) is 43.5 Å². The molecular weight excluding hydrogens is 479 g/mol. The van der Waals surface area contributed by atoms with Crippen molar-refractivity contribution in [1.29, 1.82) is 0 Å². The van der Waals surface area contributed by atoms with Crippen LogP contribution in [0.25, 0.3) is 0 Å². The molecule has 2 aliphatic heterocycles. The first-order chi connectivity index (χ1) is 15.8. The third-order valence-electron chi connectivity index (χ3n) is 6.79. The average molecular weight is 505 g/mol. The molecule has 0 bridgehead atoms. The highest BCUT2D eigenvalue weighted by Crippen LogP contribution is 2.72. The zero-order valence-corrected chi connectivity index (χ0v) is 19.7. The Morgan fingerprint density at radius 2 is 1.03 bits per heavy atom. The maximum absolute atomic E-state index is 14.5. The molecular formula is C23H26F6N3OP. The van der Waals surface area contributed by atoms with Gasteiger partial charge in [0.25, 0.3) is 0 Å². The van der Waals surface area contributed by atoms with Gasteiger partial charge in [-0.15, -0.1) is 9.34 Å². The molecule has 2 fully saturated rings. The van der Waals surface area contributed by atoms with Gasteiger partial charge in [-0.25, -0.2) is 0 Å². The fourth-order valence-corrected chi connectivity index (χ4v) is 8.24. The number of hydrogen-bond acceptors (Lipinski definition) is 4. The normalized spacial score (nSPS) is 25.1. The highest BCUT2D eigenvalue weighted by Gasteiger charge is 2.59. The predicted octanol–water partition coefficient (Wildman–Crippen LogP) is 5.91. The highest BCUT2D eigenvalue weighted by atomic mass is 31.2. The molecule has 0 radical (unpaired) electrons. The first-order valence-corrected chi connectivity index (χ1v) is 12.6. The van der Waals surface area contributed by atoms with Gasteiger partial charge in [0.1, 0.15) is 0 Å². The summed E-state index contributed by atoms with van der Waals surface area (Å²) in [6.45, 7) is 1.23. The van der Waals surface area contributed by atoms with Gasteiger partial charge in [0.15, 0.2) is 7.94 Å². The molecule has 2 aliphatic rings. The molecule has 0 N–H and O–H groups in total. The summed E-state index contributed by atoms with van der Waals surface area (Å²) in [4.78, 5) is 14.5. The van der Waals surface area contributed by atoms with E-state index in [1.807, 2.05) is 4.67 Å². The van der Waals surface area contributed by atoms with Crippen molar-refractivity contribution in [3.05, 3.63) is 70.8 Å². The van der Waals surface area contributed by atoms with Crippen molar-refractivity contribution in [2.45, 2.75) is 43.7 Å². The molecule has 34 heavy (non-hydrogen) atoms. The Hall–Kier alpha value is -1.71. The Bertz CT molecular complexity index is 920. The van der Waals surface area contributed by atoms with Crippen LogP contribution in [-0.2, 0) is 12.4 Å². The number of likely N-dealkylation sites (N-methyl/N-ethyl adjacent to an activating group) is 2. The molecule has 0 aromatic heterocycles. The molecule has 0 aliphatic carbocycles. The lowest BCUT2D eigenvalue weighted by Crippen LogP contribution is -2.45. The molecule has 2 saturated heterocycles. The summed E-state index contributed by atoms with van der Waals surface area (Å²) in [7, 11) is 0.0538. The van der Waals surface area contributed by atoms with Crippen molar-refractivity contribution in [2.24, 2.45) is 0 Å². The maximum atomic E-state index is 14.5. The van der Waals surface area contributed by atoms with E-state index in [9.17, 15) is 31.2 Å². The predicted molar refractivity (Wildman–Crippen MR) is 116 cm³/mol. The second-order valence-corrected chi connectivity index (χ2v) is 11.7. The zero-order valence-electron chi connectivity index (χ0n) is 18.8. The summed E-state index contributed by atoms with van der Waals surface area (Å²) >= 11 is 0. The largest absolute Gasteiger partial charge is 0.636 e. The molecule has 2 aromatic rings. The van der Waals surface area contributed by atoms with E-state index in [-0.39, 0.29) is 0 Å². The number of rotatable bonds is 3. The van der Waals surface area contributed by atoms with Crippen LogP contribution in [0.5, 0.6) is 0 Å². The van der Waals surface area contributed by atoms with Gasteiger partial charge in [0.2, 0.25) is 0 Å². The minimum atomic E-state index is -4.49. The molecule has 2 aromatic carbocycles. The standard InChI is InChI=1S/C23H26F6N3OP/c1-30-20(16-6-10-18(11-7-16)22(24,25)26)21(17-8-12-19(13-9-17)23(27,28)29)31(2)34(30,33)32-14-4-3-5-15-32/h6-13,20-21H,3-5,14-15H2,1-2H3/t20-,21-/m0/s1. The molecule has 186 valence electrons. The fourth-order valence-electron chi connectivity index (χ4n) is 5.03. The minimum Gasteiger partial charge on any atom is -0.636 e. The Balaban J connectivity index is 1.78. The summed E-state index contributed by atoms with van der Waals surface area (Å²) in [6.07, 6.45) is -6.21. The van der Waals surface area contributed by atoms with Crippen LogP contribution >= 0.6 is 7.94 Å². The van der Waals surface area contributed by atoms with E-state index in [1.54, 1.807) is 23.4 Å². The maximum Gasteiger partial charge on any atom is 0.416 e. The second-order valence-electron chi connectivity index (χ2n) is 8.80. The van der Waals surface area contributed by atoms with E-state index in [2.05, 4.69) is 0 Å². The van der Waals surface area contributed by atoms with Crippen molar-refractivity contribution < 1.29 is 31.2 Å². The molecule has 0 saturated carbocycles. The van der Waals surface area contributed by atoms with Crippen molar-refractivity contribution in [1.82, 2.24) is 14.0 Å². The number of piperidine rings is 1. The molecule has 2 atom stereocenters. The van der Waals surface area contributed by atoms with Crippen molar-refractivity contribution in [2.75, 3.05) is 27.2 Å². The number of halogens is 6. The Morgan fingerprint density at radius 1 is 0.676 bits per heavy atom. The van der Waals surface area contributed by atoms with Crippen LogP contribution < -0.4 is 4.89 Å². The zero-order chi connectivity index (χ0) is 24.9. The number of nitrogens with zero attached hydrogens (tertiary/aromatic N) is 3. The molecule has 4 nitrogen and oxygen atoms in total. The summed E-state index contributed by atoms with van der Waals surface area (Å²) < 4.78 is 84.0. The lowest BCUT2D eigenvalue weighted by Gasteiger charge is -2.45. The smallest absolute Gasteiger partial charge is 0.416 e. The van der Waals surface area contributed by atoms with E-state index in [0.29, 0.717) is 24.2 Å². The van der Waals surface area contributed by atoms with Crippen LogP contribution in [0.15, 0.2) is 48.5 Å². The number of hydrogen-bond donors (Lipinski definition) is 0. The van der Waals surface area contributed by atoms with Gasteiger partial charge < -0.3 is 4.89 Å².